The van der Waals surface area contributed by atoms with Crippen molar-refractivity contribution < 1.29 is 0 Å². The van der Waals surface area contributed by atoms with Crippen LogP contribution in [0.2, 0.25) is 0 Å². The summed E-state index contributed by atoms with van der Waals surface area (Å²) in [6.07, 6.45) is 1.12. The minimum atomic E-state index is 0.421. The van der Waals surface area contributed by atoms with Crippen LogP contribution in [0.5, 0.6) is 0 Å². The van der Waals surface area contributed by atoms with Crippen LogP contribution in [0.4, 0.5) is 0 Å². The van der Waals surface area contributed by atoms with Gasteiger partial charge in [0.2, 0.25) is 0 Å². The van der Waals surface area contributed by atoms with E-state index in [2.05, 4.69) is 28.6 Å². The standard InChI is InChI=1S/C10H14N2S2/c1-7-8-4-6-14-9(8)3-5-12(7)10(13)11-2/h4,6-7H,3,5H2,1-2H3,(H,11,13)/t7-/m0/s1. The van der Waals surface area contributed by atoms with E-state index < -0.39 is 0 Å². The molecule has 1 aromatic rings. The molecule has 2 nitrogen and oxygen atoms in total. The van der Waals surface area contributed by atoms with Crippen molar-refractivity contribution in [2.45, 2.75) is 19.4 Å². The maximum atomic E-state index is 5.27. The Morgan fingerprint density at radius 3 is 3.21 bits per heavy atom. The SMILES string of the molecule is CNC(=S)N1CCc2sccc2[C@@H]1C. The number of nitrogens with zero attached hydrogens (tertiary/aromatic N) is 1. The number of rotatable bonds is 0. The molecule has 1 aliphatic rings. The number of nitrogens with one attached hydrogen (secondary N) is 1. The molecule has 0 amide bonds. The molecule has 1 N–H and O–H groups in total. The van der Waals surface area contributed by atoms with Gasteiger partial charge in [-0.15, -0.1) is 11.3 Å². The molecule has 0 saturated carbocycles. The van der Waals surface area contributed by atoms with Crippen LogP contribution in [0.15, 0.2) is 11.4 Å². The highest BCUT2D eigenvalue weighted by molar-refractivity contribution is 7.80. The summed E-state index contributed by atoms with van der Waals surface area (Å²) >= 11 is 7.13. The van der Waals surface area contributed by atoms with Crippen molar-refractivity contribution >= 4 is 28.7 Å². The van der Waals surface area contributed by atoms with Crippen molar-refractivity contribution in [3.63, 3.8) is 0 Å². The maximum absolute atomic E-state index is 5.27. The molecule has 0 unspecified atom stereocenters. The largest absolute Gasteiger partial charge is 0.366 e. The highest BCUT2D eigenvalue weighted by Gasteiger charge is 2.25. The lowest BCUT2D eigenvalue weighted by Crippen LogP contribution is -2.42. The van der Waals surface area contributed by atoms with E-state index >= 15 is 0 Å². The van der Waals surface area contributed by atoms with Crippen LogP contribution in [-0.2, 0) is 6.42 Å². The van der Waals surface area contributed by atoms with Crippen LogP contribution < -0.4 is 5.32 Å². The molecule has 14 heavy (non-hydrogen) atoms. The summed E-state index contributed by atoms with van der Waals surface area (Å²) < 4.78 is 0. The van der Waals surface area contributed by atoms with E-state index in [1.807, 2.05) is 18.4 Å². The van der Waals surface area contributed by atoms with Gasteiger partial charge >= 0.3 is 0 Å². The lowest BCUT2D eigenvalue weighted by atomic mass is 10.0. The van der Waals surface area contributed by atoms with Crippen molar-refractivity contribution in [1.82, 2.24) is 10.2 Å². The first kappa shape index (κ1) is 9.93. The van der Waals surface area contributed by atoms with Crippen LogP contribution in [0, 0.1) is 0 Å². The molecule has 1 aromatic heterocycles. The average molecular weight is 226 g/mol. The third-order valence-electron chi connectivity index (χ3n) is 2.75. The summed E-state index contributed by atoms with van der Waals surface area (Å²) in [7, 11) is 1.89. The molecular formula is C10H14N2S2. The van der Waals surface area contributed by atoms with Gasteiger partial charge in [-0.3, -0.25) is 0 Å². The van der Waals surface area contributed by atoms with E-state index in [4.69, 9.17) is 12.2 Å². The van der Waals surface area contributed by atoms with E-state index in [1.54, 1.807) is 0 Å². The molecule has 0 spiro atoms. The van der Waals surface area contributed by atoms with Crippen LogP contribution in [0.3, 0.4) is 0 Å². The summed E-state index contributed by atoms with van der Waals surface area (Å²) in [5, 5.41) is 6.08. The van der Waals surface area contributed by atoms with Gasteiger partial charge in [0.25, 0.3) is 0 Å². The molecule has 0 saturated heterocycles. The molecule has 2 heterocycles. The fourth-order valence-electron chi connectivity index (χ4n) is 1.93. The fraction of sp³-hybridized carbons (Fsp3) is 0.500. The normalized spacial score (nSPS) is 20.4. The first-order chi connectivity index (χ1) is 6.74. The average Bonchev–Trinajstić information content (AvgIpc) is 2.66. The van der Waals surface area contributed by atoms with Crippen LogP contribution in [0.25, 0.3) is 0 Å². The third kappa shape index (κ3) is 1.53. The maximum Gasteiger partial charge on any atom is 0.169 e. The zero-order chi connectivity index (χ0) is 10.1. The first-order valence-electron chi connectivity index (χ1n) is 4.78. The van der Waals surface area contributed by atoms with Crippen LogP contribution in [-0.4, -0.2) is 23.6 Å². The Labute approximate surface area is 93.9 Å². The van der Waals surface area contributed by atoms with E-state index in [0.29, 0.717) is 6.04 Å². The molecule has 0 aliphatic carbocycles. The Morgan fingerprint density at radius 1 is 1.71 bits per heavy atom. The van der Waals surface area contributed by atoms with Crippen LogP contribution in [0.1, 0.15) is 23.4 Å². The summed E-state index contributed by atoms with van der Waals surface area (Å²) in [6.45, 7) is 3.25. The van der Waals surface area contributed by atoms with Crippen molar-refractivity contribution in [3.05, 3.63) is 21.9 Å². The summed E-state index contributed by atoms with van der Waals surface area (Å²) in [6, 6.07) is 2.64. The Morgan fingerprint density at radius 2 is 2.50 bits per heavy atom. The Balaban J connectivity index is 2.25. The second kappa shape index (κ2) is 3.87. The monoisotopic (exact) mass is 226 g/mol. The van der Waals surface area contributed by atoms with Gasteiger partial charge in [-0.05, 0) is 42.6 Å². The minimum Gasteiger partial charge on any atom is -0.366 e. The molecule has 0 aromatic carbocycles. The highest BCUT2D eigenvalue weighted by Crippen LogP contribution is 2.32. The van der Waals surface area contributed by atoms with E-state index in [0.717, 1.165) is 18.1 Å². The molecule has 1 aliphatic heterocycles. The van der Waals surface area contributed by atoms with Gasteiger partial charge in [0.05, 0.1) is 6.04 Å². The zero-order valence-electron chi connectivity index (χ0n) is 8.41. The molecule has 0 fully saturated rings. The number of hydrogen-bond donors (Lipinski definition) is 1. The number of thiophene rings is 1. The van der Waals surface area contributed by atoms with Gasteiger partial charge in [0.15, 0.2) is 5.11 Å². The van der Waals surface area contributed by atoms with Gasteiger partial charge < -0.3 is 10.2 Å². The zero-order valence-corrected chi connectivity index (χ0v) is 10.0. The summed E-state index contributed by atoms with van der Waals surface area (Å²) in [5.41, 5.74) is 1.44. The van der Waals surface area contributed by atoms with E-state index in [1.165, 1.54) is 10.4 Å². The van der Waals surface area contributed by atoms with Crippen molar-refractivity contribution in [2.24, 2.45) is 0 Å². The molecule has 4 heteroatoms. The second-order valence-electron chi connectivity index (χ2n) is 3.47. The second-order valence-corrected chi connectivity index (χ2v) is 4.86. The number of fused-ring (bicyclic) bond motifs is 1. The van der Waals surface area contributed by atoms with Gasteiger partial charge in [-0.25, -0.2) is 0 Å². The lowest BCUT2D eigenvalue weighted by Gasteiger charge is -2.35. The molecular weight excluding hydrogens is 212 g/mol. The quantitative estimate of drug-likeness (QED) is 0.683. The predicted molar refractivity (Wildman–Crippen MR) is 64.8 cm³/mol. The van der Waals surface area contributed by atoms with Gasteiger partial charge in [0.1, 0.15) is 0 Å². The molecule has 76 valence electrons. The van der Waals surface area contributed by atoms with Crippen molar-refractivity contribution in [1.29, 1.82) is 0 Å². The smallest absolute Gasteiger partial charge is 0.169 e. The molecule has 0 bridgehead atoms. The van der Waals surface area contributed by atoms with E-state index in [-0.39, 0.29) is 0 Å². The highest BCUT2D eigenvalue weighted by atomic mass is 32.1. The summed E-state index contributed by atoms with van der Waals surface area (Å²) in [5.74, 6) is 0. The van der Waals surface area contributed by atoms with Crippen LogP contribution >= 0.6 is 23.6 Å². The Kier molecular flexibility index (Phi) is 2.74. The number of hydrogen-bond acceptors (Lipinski definition) is 2. The first-order valence-corrected chi connectivity index (χ1v) is 6.07. The van der Waals surface area contributed by atoms with Crippen molar-refractivity contribution in [3.8, 4) is 0 Å². The Hall–Kier alpha value is -0.610. The Bertz CT molecular complexity index is 346. The topological polar surface area (TPSA) is 15.3 Å². The van der Waals surface area contributed by atoms with Gasteiger partial charge in [0, 0.05) is 18.5 Å². The predicted octanol–water partition coefficient (Wildman–Crippen LogP) is 2.17. The molecule has 0 radical (unpaired) electrons. The molecule has 2 rings (SSSR count). The summed E-state index contributed by atoms with van der Waals surface area (Å²) in [4.78, 5) is 3.78. The van der Waals surface area contributed by atoms with Gasteiger partial charge in [-0.1, -0.05) is 0 Å². The van der Waals surface area contributed by atoms with Gasteiger partial charge in [-0.2, -0.15) is 0 Å². The minimum absolute atomic E-state index is 0.421. The fourth-order valence-corrected chi connectivity index (χ4v) is 3.14. The van der Waals surface area contributed by atoms with Crippen molar-refractivity contribution in [2.75, 3.05) is 13.6 Å². The number of thiocarbonyl (C=S) groups is 1. The third-order valence-corrected chi connectivity index (χ3v) is 4.19. The molecule has 1 atom stereocenters. The van der Waals surface area contributed by atoms with E-state index in [9.17, 15) is 0 Å². The lowest BCUT2D eigenvalue weighted by molar-refractivity contribution is 0.319.